The quantitative estimate of drug-likeness (QED) is 0.547. The summed E-state index contributed by atoms with van der Waals surface area (Å²) in [6, 6.07) is 2.34. The summed E-state index contributed by atoms with van der Waals surface area (Å²) in [5.41, 5.74) is -0.583. The molecule has 1 unspecified atom stereocenters. The highest BCUT2D eigenvalue weighted by Crippen LogP contribution is 2.29. The zero-order valence-corrected chi connectivity index (χ0v) is 13.1. The maximum absolute atomic E-state index is 11.3. The van der Waals surface area contributed by atoms with Crippen molar-refractivity contribution in [1.82, 2.24) is 4.90 Å². The van der Waals surface area contributed by atoms with Gasteiger partial charge in [0.2, 0.25) is 10.0 Å². The van der Waals surface area contributed by atoms with E-state index in [1.807, 2.05) is 0 Å². The van der Waals surface area contributed by atoms with Crippen LogP contribution in [-0.4, -0.2) is 61.8 Å². The predicted molar refractivity (Wildman–Crippen MR) is 79.3 cm³/mol. The van der Waals surface area contributed by atoms with Crippen molar-refractivity contribution < 1.29 is 32.7 Å². The fourth-order valence-electron chi connectivity index (χ4n) is 2.17. The van der Waals surface area contributed by atoms with E-state index < -0.39 is 37.7 Å². The third kappa shape index (κ3) is 4.10. The number of sulfonamides is 1. The third-order valence-corrected chi connectivity index (χ3v) is 4.27. The summed E-state index contributed by atoms with van der Waals surface area (Å²) in [6.07, 6.45) is -1.15. The smallest absolute Gasteiger partial charge is 0.407 e. The zero-order chi connectivity index (χ0) is 17.9. The number of benzene rings is 1. The Labute approximate surface area is 136 Å². The minimum absolute atomic E-state index is 0.0926. The highest BCUT2D eigenvalue weighted by Gasteiger charge is 2.29. The maximum Gasteiger partial charge on any atom is 0.407 e. The van der Waals surface area contributed by atoms with Gasteiger partial charge >= 0.3 is 11.8 Å². The van der Waals surface area contributed by atoms with Crippen LogP contribution in [0.4, 0.5) is 10.5 Å². The van der Waals surface area contributed by atoms with E-state index in [1.165, 1.54) is 0 Å². The number of carbonyl (C=O) groups is 1. The van der Waals surface area contributed by atoms with Gasteiger partial charge in [-0.2, -0.15) is 0 Å². The van der Waals surface area contributed by atoms with Gasteiger partial charge < -0.3 is 14.6 Å². The lowest BCUT2D eigenvalue weighted by atomic mass is 10.2. The van der Waals surface area contributed by atoms with Crippen LogP contribution < -0.4 is 9.88 Å². The summed E-state index contributed by atoms with van der Waals surface area (Å²) in [7, 11) is -4.10. The molecule has 3 N–H and O–H groups in total. The van der Waals surface area contributed by atoms with Crippen LogP contribution in [0.3, 0.4) is 0 Å². The molecule has 11 nitrogen and oxygen atoms in total. The van der Waals surface area contributed by atoms with Crippen molar-refractivity contribution in [3.05, 3.63) is 28.3 Å². The second kappa shape index (κ2) is 6.98. The summed E-state index contributed by atoms with van der Waals surface area (Å²) >= 11 is 0. The number of nitro groups is 1. The van der Waals surface area contributed by atoms with Crippen molar-refractivity contribution in [3.8, 4) is 5.75 Å². The van der Waals surface area contributed by atoms with Crippen LogP contribution in [0.2, 0.25) is 0 Å². The average molecular weight is 361 g/mol. The lowest BCUT2D eigenvalue weighted by Crippen LogP contribution is -2.50. The average Bonchev–Trinajstić information content (AvgIpc) is 2.51. The molecule has 1 aromatic rings. The number of nitrogens with zero attached hydrogens (tertiary/aromatic N) is 2. The monoisotopic (exact) mass is 361 g/mol. The molecule has 2 rings (SSSR count). The van der Waals surface area contributed by atoms with Gasteiger partial charge in [0.15, 0.2) is 5.75 Å². The lowest BCUT2D eigenvalue weighted by molar-refractivity contribution is -0.386. The van der Waals surface area contributed by atoms with Crippen molar-refractivity contribution in [2.45, 2.75) is 10.9 Å². The predicted octanol–water partition coefficient (Wildman–Crippen LogP) is -0.000200. The van der Waals surface area contributed by atoms with Gasteiger partial charge in [0.1, 0.15) is 6.61 Å². The van der Waals surface area contributed by atoms with Crippen molar-refractivity contribution in [3.63, 3.8) is 0 Å². The molecule has 0 bridgehead atoms. The number of rotatable bonds is 5. The second-order valence-corrected chi connectivity index (χ2v) is 6.51. The van der Waals surface area contributed by atoms with Crippen molar-refractivity contribution in [2.75, 3.05) is 26.4 Å². The fourth-order valence-corrected chi connectivity index (χ4v) is 2.70. The summed E-state index contributed by atoms with van der Waals surface area (Å²) in [5, 5.41) is 25.1. The molecule has 0 spiro atoms. The van der Waals surface area contributed by atoms with Crippen LogP contribution in [0.1, 0.15) is 0 Å². The maximum atomic E-state index is 11.3. The first-order chi connectivity index (χ1) is 11.2. The highest BCUT2D eigenvalue weighted by molar-refractivity contribution is 7.89. The number of carboxylic acid groups (broad SMARTS) is 1. The molecule has 1 aliphatic rings. The molecule has 1 aliphatic heterocycles. The summed E-state index contributed by atoms with van der Waals surface area (Å²) < 4.78 is 33.0. The zero-order valence-electron chi connectivity index (χ0n) is 12.3. The minimum atomic E-state index is -4.10. The van der Waals surface area contributed by atoms with E-state index >= 15 is 0 Å². The molecular formula is C12H15N3O8S. The molecule has 1 aromatic carbocycles. The van der Waals surface area contributed by atoms with E-state index in [0.717, 1.165) is 23.1 Å². The molecule has 1 saturated heterocycles. The van der Waals surface area contributed by atoms with Crippen LogP contribution in [0.15, 0.2) is 23.1 Å². The van der Waals surface area contributed by atoms with E-state index in [1.54, 1.807) is 0 Å². The normalized spacial score (nSPS) is 18.2. The molecule has 132 valence electrons. The molecule has 0 aliphatic carbocycles. The number of hydrogen-bond acceptors (Lipinski definition) is 7. The Morgan fingerprint density at radius 2 is 2.25 bits per heavy atom. The molecule has 24 heavy (non-hydrogen) atoms. The Balaban J connectivity index is 2.20. The molecule has 1 atom stereocenters. The van der Waals surface area contributed by atoms with Gasteiger partial charge in [0.05, 0.1) is 29.1 Å². The largest absolute Gasteiger partial charge is 0.485 e. The van der Waals surface area contributed by atoms with Gasteiger partial charge in [0, 0.05) is 12.6 Å². The van der Waals surface area contributed by atoms with Crippen LogP contribution in [0.5, 0.6) is 5.75 Å². The summed E-state index contributed by atoms with van der Waals surface area (Å²) in [6.45, 7) is 0.332. The second-order valence-electron chi connectivity index (χ2n) is 4.95. The Morgan fingerprint density at radius 1 is 1.54 bits per heavy atom. The molecule has 1 heterocycles. The van der Waals surface area contributed by atoms with E-state index in [-0.39, 0.29) is 32.1 Å². The molecule has 0 radical (unpaired) electrons. The molecule has 0 aromatic heterocycles. The van der Waals surface area contributed by atoms with E-state index in [0.29, 0.717) is 0 Å². The van der Waals surface area contributed by atoms with Crippen molar-refractivity contribution in [1.29, 1.82) is 0 Å². The standard InChI is InChI=1S/C12H15N3O8S/c13-24(20,21)9-1-2-11(10(5-9)15(18)19)23-7-8-6-22-4-3-14(8)12(16)17/h1-2,5,8H,3-4,6-7H2,(H,16,17)(H2,13,20,21). The lowest BCUT2D eigenvalue weighted by Gasteiger charge is -2.33. The topological polar surface area (TPSA) is 162 Å². The number of morpholine rings is 1. The van der Waals surface area contributed by atoms with E-state index in [2.05, 4.69) is 0 Å². The Bertz CT molecular complexity index is 751. The van der Waals surface area contributed by atoms with Gasteiger partial charge in [-0.1, -0.05) is 0 Å². The Kier molecular flexibility index (Phi) is 5.21. The van der Waals surface area contributed by atoms with Crippen molar-refractivity contribution in [2.24, 2.45) is 5.14 Å². The molecular weight excluding hydrogens is 346 g/mol. The summed E-state index contributed by atoms with van der Waals surface area (Å²) in [4.78, 5) is 22.1. The number of primary sulfonamides is 1. The Hall–Kier alpha value is -2.44. The van der Waals surface area contributed by atoms with Gasteiger partial charge in [-0.05, 0) is 12.1 Å². The van der Waals surface area contributed by atoms with Gasteiger partial charge in [-0.3, -0.25) is 15.0 Å². The van der Waals surface area contributed by atoms with Gasteiger partial charge in [0.25, 0.3) is 0 Å². The Morgan fingerprint density at radius 3 is 2.83 bits per heavy atom. The van der Waals surface area contributed by atoms with Crippen molar-refractivity contribution >= 4 is 21.8 Å². The number of ether oxygens (including phenoxy) is 2. The number of nitrogens with two attached hydrogens (primary N) is 1. The van der Waals surface area contributed by atoms with Crippen LogP contribution >= 0.6 is 0 Å². The van der Waals surface area contributed by atoms with Gasteiger partial charge in [-0.15, -0.1) is 0 Å². The van der Waals surface area contributed by atoms with Gasteiger partial charge in [-0.25, -0.2) is 18.4 Å². The van der Waals surface area contributed by atoms with E-state index in [4.69, 9.17) is 19.7 Å². The minimum Gasteiger partial charge on any atom is -0.485 e. The first-order valence-electron chi connectivity index (χ1n) is 6.71. The van der Waals surface area contributed by atoms with E-state index in [9.17, 15) is 23.3 Å². The van der Waals surface area contributed by atoms with Crippen LogP contribution in [0, 0.1) is 10.1 Å². The number of hydrogen-bond donors (Lipinski definition) is 2. The fraction of sp³-hybridized carbons (Fsp3) is 0.417. The SMILES string of the molecule is NS(=O)(=O)c1ccc(OCC2COCCN2C(=O)O)c([N+](=O)[O-])c1. The highest BCUT2D eigenvalue weighted by atomic mass is 32.2. The molecule has 1 fully saturated rings. The molecule has 0 saturated carbocycles. The van der Waals surface area contributed by atoms with Crippen LogP contribution in [0.25, 0.3) is 0 Å². The van der Waals surface area contributed by atoms with Crippen LogP contribution in [-0.2, 0) is 14.8 Å². The first-order valence-corrected chi connectivity index (χ1v) is 8.26. The number of nitro benzene ring substituents is 1. The third-order valence-electron chi connectivity index (χ3n) is 3.36. The first kappa shape index (κ1) is 17.9. The number of amides is 1. The summed E-state index contributed by atoms with van der Waals surface area (Å²) in [5.74, 6) is -0.191. The molecule has 1 amide bonds. The molecule has 12 heteroatoms.